The minimum Gasteiger partial charge on any atom is -0.387 e. The van der Waals surface area contributed by atoms with Gasteiger partial charge in [0.25, 0.3) is 0 Å². The molecule has 0 amide bonds. The number of nitrogens with one attached hydrogen (secondary N) is 2. The second-order valence-corrected chi connectivity index (χ2v) is 6.82. The third-order valence-electron chi connectivity index (χ3n) is 3.55. The zero-order chi connectivity index (χ0) is 15.6. The number of aromatic nitrogens is 3. The first-order valence-corrected chi connectivity index (χ1v) is 8.29. The number of pyridine rings is 1. The van der Waals surface area contributed by atoms with Crippen LogP contribution in [0.2, 0.25) is 0 Å². The molecule has 1 saturated heterocycles. The predicted octanol–water partition coefficient (Wildman–Crippen LogP) is 0.609. The van der Waals surface area contributed by atoms with Crippen LogP contribution in [0.25, 0.3) is 0 Å². The van der Waals surface area contributed by atoms with Crippen LogP contribution >= 0.6 is 0 Å². The summed E-state index contributed by atoms with van der Waals surface area (Å²) in [5.74, 6) is 0. The Hall–Kier alpha value is -1.97. The Labute approximate surface area is 128 Å². The van der Waals surface area contributed by atoms with Crippen molar-refractivity contribution in [1.82, 2.24) is 19.5 Å². The maximum atomic E-state index is 12.5. The molecular formula is C13H17N5O3S. The molecule has 0 saturated carbocycles. The molecule has 2 N–H and O–H groups in total. The van der Waals surface area contributed by atoms with Gasteiger partial charge in [0, 0.05) is 26.3 Å². The standard InChI is InChI=1S/C13H17N5O3S/c1-14-10-2-3-12(15-6-10)13-9-18(4-5-21-13)22(19,20)11-7-16-17-8-11/h2-3,6-8,13-14H,4-5,9H2,1H3,(H,16,17)/t13-/m0/s1. The van der Waals surface area contributed by atoms with Crippen molar-refractivity contribution >= 4 is 15.7 Å². The number of aromatic amines is 1. The molecule has 8 nitrogen and oxygen atoms in total. The summed E-state index contributed by atoms with van der Waals surface area (Å²) in [7, 11) is -1.74. The van der Waals surface area contributed by atoms with Crippen LogP contribution in [-0.2, 0) is 14.8 Å². The minimum absolute atomic E-state index is 0.159. The number of H-pyrrole nitrogens is 1. The van der Waals surface area contributed by atoms with Crippen molar-refractivity contribution in [2.45, 2.75) is 11.0 Å². The summed E-state index contributed by atoms with van der Waals surface area (Å²) in [4.78, 5) is 4.48. The van der Waals surface area contributed by atoms with Crippen LogP contribution in [0, 0.1) is 0 Å². The molecule has 1 atom stereocenters. The van der Waals surface area contributed by atoms with Gasteiger partial charge in [-0.05, 0) is 12.1 Å². The van der Waals surface area contributed by atoms with E-state index in [0.717, 1.165) is 5.69 Å². The molecule has 1 fully saturated rings. The van der Waals surface area contributed by atoms with E-state index in [1.807, 2.05) is 19.2 Å². The quantitative estimate of drug-likeness (QED) is 0.855. The Balaban J connectivity index is 1.79. The molecule has 22 heavy (non-hydrogen) atoms. The van der Waals surface area contributed by atoms with Gasteiger partial charge < -0.3 is 10.1 Å². The molecule has 2 aromatic heterocycles. The normalized spacial score (nSPS) is 20.0. The molecule has 0 bridgehead atoms. The van der Waals surface area contributed by atoms with Crippen molar-refractivity contribution in [2.75, 3.05) is 32.1 Å². The van der Waals surface area contributed by atoms with E-state index in [0.29, 0.717) is 18.8 Å². The number of ether oxygens (including phenoxy) is 1. The fraction of sp³-hybridized carbons (Fsp3) is 0.385. The highest BCUT2D eigenvalue weighted by Crippen LogP contribution is 2.25. The number of rotatable bonds is 4. The zero-order valence-electron chi connectivity index (χ0n) is 12.1. The molecule has 3 rings (SSSR count). The van der Waals surface area contributed by atoms with Crippen LogP contribution in [0.15, 0.2) is 35.6 Å². The van der Waals surface area contributed by atoms with Crippen LogP contribution in [0.5, 0.6) is 0 Å². The van der Waals surface area contributed by atoms with E-state index in [1.165, 1.54) is 16.7 Å². The SMILES string of the molecule is CNc1ccc([C@@H]2CN(S(=O)(=O)c3cn[nH]c3)CCO2)nc1. The molecule has 2 aromatic rings. The van der Waals surface area contributed by atoms with E-state index < -0.39 is 10.0 Å². The Bertz CT molecular complexity index is 715. The average molecular weight is 323 g/mol. The topological polar surface area (TPSA) is 100 Å². The maximum absolute atomic E-state index is 12.5. The predicted molar refractivity (Wildman–Crippen MR) is 79.8 cm³/mol. The fourth-order valence-electron chi connectivity index (χ4n) is 2.30. The van der Waals surface area contributed by atoms with E-state index in [-0.39, 0.29) is 17.5 Å². The van der Waals surface area contributed by atoms with Crippen molar-refractivity contribution in [3.8, 4) is 0 Å². The van der Waals surface area contributed by atoms with Gasteiger partial charge in [0.1, 0.15) is 11.0 Å². The Morgan fingerprint density at radius 2 is 2.27 bits per heavy atom. The van der Waals surface area contributed by atoms with Crippen LogP contribution in [-0.4, -0.2) is 54.6 Å². The van der Waals surface area contributed by atoms with Crippen LogP contribution in [0.3, 0.4) is 0 Å². The third-order valence-corrected chi connectivity index (χ3v) is 5.38. The summed E-state index contributed by atoms with van der Waals surface area (Å²) < 4.78 is 32.1. The van der Waals surface area contributed by atoms with Crippen molar-refractivity contribution in [3.63, 3.8) is 0 Å². The highest BCUT2D eigenvalue weighted by atomic mass is 32.2. The van der Waals surface area contributed by atoms with Crippen LogP contribution in [0.4, 0.5) is 5.69 Å². The number of hydrogen-bond donors (Lipinski definition) is 2. The van der Waals surface area contributed by atoms with Crippen molar-refractivity contribution in [2.24, 2.45) is 0 Å². The van der Waals surface area contributed by atoms with Gasteiger partial charge in [-0.15, -0.1) is 0 Å². The fourth-order valence-corrected chi connectivity index (χ4v) is 3.63. The molecule has 0 aromatic carbocycles. The van der Waals surface area contributed by atoms with Crippen molar-refractivity contribution in [3.05, 3.63) is 36.4 Å². The molecule has 3 heterocycles. The summed E-state index contributed by atoms with van der Waals surface area (Å²) in [5, 5.41) is 9.21. The lowest BCUT2D eigenvalue weighted by molar-refractivity contribution is -0.00492. The van der Waals surface area contributed by atoms with Gasteiger partial charge in [-0.3, -0.25) is 10.1 Å². The van der Waals surface area contributed by atoms with Crippen LogP contribution in [0.1, 0.15) is 11.8 Å². The molecule has 118 valence electrons. The monoisotopic (exact) mass is 323 g/mol. The number of hydrogen-bond acceptors (Lipinski definition) is 6. The highest BCUT2D eigenvalue weighted by molar-refractivity contribution is 7.89. The molecular weight excluding hydrogens is 306 g/mol. The molecule has 0 unspecified atom stereocenters. The lowest BCUT2D eigenvalue weighted by atomic mass is 10.2. The number of nitrogens with zero attached hydrogens (tertiary/aromatic N) is 3. The number of anilines is 1. The van der Waals surface area contributed by atoms with E-state index in [9.17, 15) is 8.42 Å². The van der Waals surface area contributed by atoms with Gasteiger partial charge in [0.05, 0.1) is 30.4 Å². The first kappa shape index (κ1) is 14.9. The Kier molecular flexibility index (Phi) is 4.10. The van der Waals surface area contributed by atoms with Gasteiger partial charge >= 0.3 is 0 Å². The third kappa shape index (κ3) is 2.82. The highest BCUT2D eigenvalue weighted by Gasteiger charge is 2.32. The minimum atomic E-state index is -3.55. The van der Waals surface area contributed by atoms with Gasteiger partial charge in [-0.25, -0.2) is 8.42 Å². The molecule has 1 aliphatic rings. The molecule has 0 aliphatic carbocycles. The summed E-state index contributed by atoms with van der Waals surface area (Å²) in [6.45, 7) is 0.884. The van der Waals surface area contributed by atoms with Crippen LogP contribution < -0.4 is 5.32 Å². The first-order valence-electron chi connectivity index (χ1n) is 6.85. The van der Waals surface area contributed by atoms with E-state index in [1.54, 1.807) is 6.20 Å². The Morgan fingerprint density at radius 3 is 2.91 bits per heavy atom. The van der Waals surface area contributed by atoms with Crippen molar-refractivity contribution < 1.29 is 13.2 Å². The summed E-state index contributed by atoms with van der Waals surface area (Å²) in [6, 6.07) is 3.72. The molecule has 0 radical (unpaired) electrons. The second kappa shape index (κ2) is 6.03. The number of morpholine rings is 1. The number of sulfonamides is 1. The lowest BCUT2D eigenvalue weighted by Crippen LogP contribution is -2.42. The van der Waals surface area contributed by atoms with E-state index >= 15 is 0 Å². The van der Waals surface area contributed by atoms with Crippen molar-refractivity contribution in [1.29, 1.82) is 0 Å². The van der Waals surface area contributed by atoms with Gasteiger partial charge in [0.2, 0.25) is 10.0 Å². The molecule has 1 aliphatic heterocycles. The summed E-state index contributed by atoms with van der Waals surface area (Å²) >= 11 is 0. The maximum Gasteiger partial charge on any atom is 0.246 e. The molecule has 9 heteroatoms. The molecule has 0 spiro atoms. The average Bonchev–Trinajstić information content (AvgIpc) is 3.10. The second-order valence-electron chi connectivity index (χ2n) is 4.88. The lowest BCUT2D eigenvalue weighted by Gasteiger charge is -2.31. The smallest absolute Gasteiger partial charge is 0.246 e. The van der Waals surface area contributed by atoms with E-state index in [2.05, 4.69) is 20.5 Å². The first-order chi connectivity index (χ1) is 10.6. The van der Waals surface area contributed by atoms with Gasteiger partial charge in [-0.1, -0.05) is 0 Å². The van der Waals surface area contributed by atoms with Gasteiger partial charge in [-0.2, -0.15) is 9.40 Å². The zero-order valence-corrected chi connectivity index (χ0v) is 12.9. The van der Waals surface area contributed by atoms with Gasteiger partial charge in [0.15, 0.2) is 0 Å². The Morgan fingerprint density at radius 1 is 1.41 bits per heavy atom. The summed E-state index contributed by atoms with van der Waals surface area (Å²) in [6.07, 6.45) is 4.00. The largest absolute Gasteiger partial charge is 0.387 e. The summed E-state index contributed by atoms with van der Waals surface area (Å²) in [5.41, 5.74) is 1.61. The van der Waals surface area contributed by atoms with E-state index in [4.69, 9.17) is 4.74 Å².